The smallest absolute Gasteiger partial charge is 0.0681 e. The van der Waals surface area contributed by atoms with Crippen molar-refractivity contribution in [3.63, 3.8) is 0 Å². The molecular weight excluding hydrogens is 270 g/mol. The van der Waals surface area contributed by atoms with Crippen molar-refractivity contribution in [1.82, 2.24) is 0 Å². The minimum Gasteiger partial charge on any atom is -0.392 e. The van der Waals surface area contributed by atoms with Crippen LogP contribution >= 0.6 is 0 Å². The summed E-state index contributed by atoms with van der Waals surface area (Å²) in [6, 6.07) is 6.15. The molecule has 0 bridgehead atoms. The summed E-state index contributed by atoms with van der Waals surface area (Å²) in [5, 5.41) is 9.39. The maximum atomic E-state index is 9.39. The fraction of sp³-hybridized carbons (Fsp3) is 0.450. The molecule has 0 amide bonds. The van der Waals surface area contributed by atoms with Crippen molar-refractivity contribution in [1.29, 1.82) is 0 Å². The summed E-state index contributed by atoms with van der Waals surface area (Å²) in [5.74, 6) is 0.638. The van der Waals surface area contributed by atoms with Gasteiger partial charge in [-0.25, -0.2) is 0 Å². The third kappa shape index (κ3) is 2.80. The summed E-state index contributed by atoms with van der Waals surface area (Å²) in [6.45, 7) is 4.54. The molecule has 0 saturated heterocycles. The van der Waals surface area contributed by atoms with Gasteiger partial charge in [0.25, 0.3) is 0 Å². The highest BCUT2D eigenvalue weighted by Crippen LogP contribution is 2.43. The molecule has 1 aromatic rings. The Morgan fingerprint density at radius 1 is 1.18 bits per heavy atom. The molecule has 3 rings (SSSR count). The average Bonchev–Trinajstić information content (AvgIpc) is 3.12. The van der Waals surface area contributed by atoms with Crippen LogP contribution in [-0.2, 0) is 12.0 Å². The summed E-state index contributed by atoms with van der Waals surface area (Å²) >= 11 is 0. The molecule has 1 aromatic carbocycles. The van der Waals surface area contributed by atoms with Crippen LogP contribution in [0.25, 0.3) is 0 Å². The van der Waals surface area contributed by atoms with Crippen molar-refractivity contribution in [2.45, 2.75) is 51.6 Å². The van der Waals surface area contributed by atoms with Crippen LogP contribution in [0.1, 0.15) is 50.7 Å². The van der Waals surface area contributed by atoms with E-state index in [1.807, 2.05) is 12.1 Å². The molecule has 1 aliphatic carbocycles. The maximum Gasteiger partial charge on any atom is 0.0681 e. The zero-order valence-corrected chi connectivity index (χ0v) is 13.5. The predicted octanol–water partition coefficient (Wildman–Crippen LogP) is 4.85. The summed E-state index contributed by atoms with van der Waals surface area (Å²) in [5.41, 5.74) is 4.59. The predicted molar refractivity (Wildman–Crippen MR) is 92.7 cm³/mol. The van der Waals surface area contributed by atoms with E-state index in [4.69, 9.17) is 4.99 Å². The van der Waals surface area contributed by atoms with Crippen LogP contribution in [0.5, 0.6) is 0 Å². The second-order valence-corrected chi connectivity index (χ2v) is 6.72. The molecular formula is C20H25NO. The Kier molecular flexibility index (Phi) is 4.30. The molecule has 2 aliphatic rings. The quantitative estimate of drug-likeness (QED) is 0.748. The van der Waals surface area contributed by atoms with Gasteiger partial charge >= 0.3 is 0 Å². The van der Waals surface area contributed by atoms with Crippen LogP contribution in [0.3, 0.4) is 0 Å². The highest BCUT2D eigenvalue weighted by atomic mass is 16.3. The summed E-state index contributed by atoms with van der Waals surface area (Å²) < 4.78 is 0. The monoisotopic (exact) mass is 295 g/mol. The van der Waals surface area contributed by atoms with Crippen molar-refractivity contribution >= 4 is 11.4 Å². The average molecular weight is 295 g/mol. The maximum absolute atomic E-state index is 9.39. The Balaban J connectivity index is 1.66. The molecule has 0 saturated carbocycles. The number of rotatable bonds is 6. The number of aliphatic imine (C=N–C) groups is 1. The third-order valence-corrected chi connectivity index (χ3v) is 5.22. The summed E-state index contributed by atoms with van der Waals surface area (Å²) in [7, 11) is 0. The molecule has 0 aromatic heterocycles. The zero-order chi connectivity index (χ0) is 15.6. The van der Waals surface area contributed by atoms with Crippen LogP contribution in [0, 0.1) is 5.92 Å². The van der Waals surface area contributed by atoms with Crippen LogP contribution < -0.4 is 0 Å². The molecule has 116 valence electrons. The van der Waals surface area contributed by atoms with Gasteiger partial charge in [0, 0.05) is 11.1 Å². The Morgan fingerprint density at radius 2 is 1.95 bits per heavy atom. The van der Waals surface area contributed by atoms with Crippen molar-refractivity contribution in [2.75, 3.05) is 0 Å². The lowest BCUT2D eigenvalue weighted by Crippen LogP contribution is -2.27. The number of aliphatic hydroxyl groups is 1. The lowest BCUT2D eigenvalue weighted by atomic mass is 9.75. The Labute approximate surface area is 133 Å². The lowest BCUT2D eigenvalue weighted by molar-refractivity contribution is 0.281. The molecule has 0 fully saturated rings. The van der Waals surface area contributed by atoms with Gasteiger partial charge in [-0.2, -0.15) is 0 Å². The second-order valence-electron chi connectivity index (χ2n) is 6.72. The van der Waals surface area contributed by atoms with E-state index in [0.717, 1.165) is 17.7 Å². The van der Waals surface area contributed by atoms with Gasteiger partial charge in [0.05, 0.1) is 12.3 Å². The van der Waals surface area contributed by atoms with Gasteiger partial charge in [-0.05, 0) is 42.9 Å². The first kappa shape index (κ1) is 15.2. The van der Waals surface area contributed by atoms with E-state index in [9.17, 15) is 5.11 Å². The summed E-state index contributed by atoms with van der Waals surface area (Å²) in [6.07, 6.45) is 13.7. The van der Waals surface area contributed by atoms with E-state index < -0.39 is 0 Å². The molecule has 1 heterocycles. The van der Waals surface area contributed by atoms with Crippen LogP contribution in [-0.4, -0.2) is 10.8 Å². The number of benzene rings is 1. The van der Waals surface area contributed by atoms with Gasteiger partial charge in [-0.15, -0.1) is 0 Å². The molecule has 22 heavy (non-hydrogen) atoms. The number of hydrogen-bond donors (Lipinski definition) is 1. The van der Waals surface area contributed by atoms with Crippen molar-refractivity contribution in [2.24, 2.45) is 10.9 Å². The molecule has 0 spiro atoms. The number of fused-ring (bicyclic) bond motifs is 1. The van der Waals surface area contributed by atoms with E-state index in [1.165, 1.54) is 30.5 Å². The van der Waals surface area contributed by atoms with Gasteiger partial charge in [0.2, 0.25) is 0 Å². The highest BCUT2D eigenvalue weighted by molar-refractivity contribution is 5.99. The largest absolute Gasteiger partial charge is 0.392 e. The molecule has 1 aliphatic heterocycles. The first-order valence-corrected chi connectivity index (χ1v) is 8.28. The first-order chi connectivity index (χ1) is 10.6. The van der Waals surface area contributed by atoms with Crippen molar-refractivity contribution in [3.05, 3.63) is 53.6 Å². The van der Waals surface area contributed by atoms with E-state index in [1.54, 1.807) is 0 Å². The van der Waals surface area contributed by atoms with Gasteiger partial charge in [-0.1, -0.05) is 56.2 Å². The SMILES string of the molecule is CC1=Nc2ccc(CO)cc2C1(C)CCCCC1C=CC=C1. The topological polar surface area (TPSA) is 32.6 Å². The molecule has 1 atom stereocenters. The van der Waals surface area contributed by atoms with Gasteiger partial charge in [-0.3, -0.25) is 4.99 Å². The summed E-state index contributed by atoms with van der Waals surface area (Å²) in [4.78, 5) is 4.75. The van der Waals surface area contributed by atoms with Crippen molar-refractivity contribution < 1.29 is 5.11 Å². The molecule has 1 unspecified atom stereocenters. The first-order valence-electron chi connectivity index (χ1n) is 8.28. The number of aliphatic hydroxyl groups excluding tert-OH is 1. The van der Waals surface area contributed by atoms with Gasteiger partial charge in [0.1, 0.15) is 0 Å². The van der Waals surface area contributed by atoms with E-state index in [2.05, 4.69) is 44.2 Å². The standard InChI is InChI=1S/C20H25NO/c1-15-20(2,12-6-5-9-16-7-3-4-8-16)18-13-17(14-22)10-11-19(18)21-15/h3-4,7-8,10-11,13,16,22H,5-6,9,12,14H2,1-2H3. The fourth-order valence-corrected chi connectivity index (χ4v) is 3.56. The highest BCUT2D eigenvalue weighted by Gasteiger charge is 2.36. The molecule has 2 heteroatoms. The minimum absolute atomic E-state index is 0.0296. The lowest BCUT2D eigenvalue weighted by Gasteiger charge is -2.26. The molecule has 0 radical (unpaired) electrons. The van der Waals surface area contributed by atoms with Crippen LogP contribution in [0.15, 0.2) is 47.5 Å². The normalized spacial score (nSPS) is 23.1. The molecule has 1 N–H and O–H groups in total. The third-order valence-electron chi connectivity index (χ3n) is 5.22. The fourth-order valence-electron chi connectivity index (χ4n) is 3.56. The molecule has 2 nitrogen and oxygen atoms in total. The number of nitrogens with zero attached hydrogens (tertiary/aromatic N) is 1. The van der Waals surface area contributed by atoms with E-state index in [-0.39, 0.29) is 12.0 Å². The van der Waals surface area contributed by atoms with Crippen LogP contribution in [0.4, 0.5) is 5.69 Å². The minimum atomic E-state index is 0.0296. The Morgan fingerprint density at radius 3 is 2.68 bits per heavy atom. The number of hydrogen-bond acceptors (Lipinski definition) is 2. The van der Waals surface area contributed by atoms with Gasteiger partial charge < -0.3 is 5.11 Å². The van der Waals surface area contributed by atoms with Gasteiger partial charge in [0.15, 0.2) is 0 Å². The zero-order valence-electron chi connectivity index (χ0n) is 13.5. The second kappa shape index (κ2) is 6.21. The van der Waals surface area contributed by atoms with Crippen LogP contribution in [0.2, 0.25) is 0 Å². The Bertz CT molecular complexity index is 629. The van der Waals surface area contributed by atoms with E-state index >= 15 is 0 Å². The van der Waals surface area contributed by atoms with E-state index in [0.29, 0.717) is 5.92 Å². The Hall–Kier alpha value is -1.67. The number of unbranched alkanes of at least 4 members (excludes halogenated alkanes) is 1. The number of allylic oxidation sites excluding steroid dienone is 4. The van der Waals surface area contributed by atoms with Crippen molar-refractivity contribution in [3.8, 4) is 0 Å².